The molecule has 2 aliphatic heterocycles. The molecule has 0 spiro atoms. The fourth-order valence-electron chi connectivity index (χ4n) is 5.95. The van der Waals surface area contributed by atoms with E-state index in [2.05, 4.69) is 72.0 Å². The third-order valence-electron chi connectivity index (χ3n) is 8.51. The summed E-state index contributed by atoms with van der Waals surface area (Å²) in [5.41, 5.74) is 5.35. The molecule has 5 heterocycles. The van der Waals surface area contributed by atoms with Crippen LogP contribution in [0.15, 0.2) is 43.1 Å². The number of anilines is 1. The molecule has 0 unspecified atom stereocenters. The summed E-state index contributed by atoms with van der Waals surface area (Å²) in [7, 11) is 2.14. The number of hydrogen-bond donors (Lipinski definition) is 2. The Balaban J connectivity index is 1.19. The molecule has 10 heteroatoms. The van der Waals surface area contributed by atoms with Gasteiger partial charge < -0.3 is 24.8 Å². The molecule has 216 valence electrons. The Bertz CT molecular complexity index is 1540. The number of aromatic amines is 1. The predicted octanol–water partition coefficient (Wildman–Crippen LogP) is 4.71. The highest BCUT2D eigenvalue weighted by molar-refractivity contribution is 5.87. The van der Waals surface area contributed by atoms with Gasteiger partial charge >= 0.3 is 6.01 Å². The summed E-state index contributed by atoms with van der Waals surface area (Å²) in [6, 6.07) is 9.16. The Morgan fingerprint density at radius 2 is 1.93 bits per heavy atom. The van der Waals surface area contributed by atoms with Crippen molar-refractivity contribution in [3.63, 3.8) is 0 Å². The third kappa shape index (κ3) is 5.79. The van der Waals surface area contributed by atoms with Crippen molar-refractivity contribution in [2.75, 3.05) is 38.5 Å². The Morgan fingerprint density at radius 1 is 1.15 bits per heavy atom. The number of amides is 1. The van der Waals surface area contributed by atoms with E-state index in [9.17, 15) is 4.79 Å². The van der Waals surface area contributed by atoms with Gasteiger partial charge in [-0.25, -0.2) is 0 Å². The average molecular weight is 557 g/mol. The summed E-state index contributed by atoms with van der Waals surface area (Å²) in [6.45, 7) is 12.1. The number of carbonyl (C=O) groups excluding carboxylic acids is 1. The van der Waals surface area contributed by atoms with Crippen LogP contribution < -0.4 is 10.1 Å². The molecule has 0 atom stereocenters. The summed E-state index contributed by atoms with van der Waals surface area (Å²) < 4.78 is 8.07. The molecule has 1 amide bonds. The van der Waals surface area contributed by atoms with E-state index in [0.717, 1.165) is 74.2 Å². The SMILES string of the molecule is C=CC(=O)N1CCC(c2cc3ccc(CNc4nc(OC5CCN(C)CC5)nc5c(C(C)C)cnn45)cc3[nH]2)CC1. The summed E-state index contributed by atoms with van der Waals surface area (Å²) in [5, 5.41) is 9.30. The van der Waals surface area contributed by atoms with Crippen molar-refractivity contribution in [3.8, 4) is 6.01 Å². The number of nitrogens with zero attached hydrogens (tertiary/aromatic N) is 6. The van der Waals surface area contributed by atoms with Gasteiger partial charge in [0.1, 0.15) is 6.10 Å². The van der Waals surface area contributed by atoms with Crippen LogP contribution in [-0.2, 0) is 11.3 Å². The largest absolute Gasteiger partial charge is 0.460 e. The number of nitrogens with one attached hydrogen (secondary N) is 2. The lowest BCUT2D eigenvalue weighted by atomic mass is 9.93. The number of carbonyl (C=O) groups is 1. The Kier molecular flexibility index (Phi) is 7.66. The molecule has 3 aromatic heterocycles. The lowest BCUT2D eigenvalue weighted by Gasteiger charge is -2.30. The molecule has 2 aliphatic rings. The number of benzene rings is 1. The van der Waals surface area contributed by atoms with Crippen LogP contribution in [-0.4, -0.2) is 79.6 Å². The van der Waals surface area contributed by atoms with Gasteiger partial charge in [-0.2, -0.15) is 19.6 Å². The van der Waals surface area contributed by atoms with Crippen molar-refractivity contribution in [2.45, 2.75) is 64.0 Å². The molecule has 0 aliphatic carbocycles. The van der Waals surface area contributed by atoms with Crippen LogP contribution in [0, 0.1) is 0 Å². The zero-order valence-corrected chi connectivity index (χ0v) is 24.3. The second-order valence-electron chi connectivity index (χ2n) is 11.7. The second-order valence-corrected chi connectivity index (χ2v) is 11.7. The normalized spacial score (nSPS) is 17.5. The minimum atomic E-state index is 0.0225. The van der Waals surface area contributed by atoms with E-state index in [1.807, 2.05) is 11.1 Å². The van der Waals surface area contributed by atoms with Crippen molar-refractivity contribution >= 4 is 28.4 Å². The van der Waals surface area contributed by atoms with Gasteiger partial charge in [-0.15, -0.1) is 0 Å². The number of aromatic nitrogens is 5. The molecule has 6 rings (SSSR count). The molecule has 1 aromatic carbocycles. The summed E-state index contributed by atoms with van der Waals surface area (Å²) in [6.07, 6.45) is 7.24. The van der Waals surface area contributed by atoms with Crippen molar-refractivity contribution in [1.82, 2.24) is 34.4 Å². The highest BCUT2D eigenvalue weighted by Gasteiger charge is 2.24. The molecule has 2 N–H and O–H groups in total. The van der Waals surface area contributed by atoms with Gasteiger partial charge in [0.15, 0.2) is 5.65 Å². The van der Waals surface area contributed by atoms with Crippen LogP contribution in [0.3, 0.4) is 0 Å². The Labute approximate surface area is 240 Å². The van der Waals surface area contributed by atoms with Gasteiger partial charge in [0, 0.05) is 55.4 Å². The maximum Gasteiger partial charge on any atom is 0.322 e. The fourth-order valence-corrected chi connectivity index (χ4v) is 5.95. The fraction of sp³-hybridized carbons (Fsp3) is 0.484. The minimum Gasteiger partial charge on any atom is -0.460 e. The molecular formula is C31H40N8O2. The first kappa shape index (κ1) is 27.3. The number of hydrogen-bond acceptors (Lipinski definition) is 7. The Hall–Kier alpha value is -3.92. The highest BCUT2D eigenvalue weighted by atomic mass is 16.5. The first-order valence-corrected chi connectivity index (χ1v) is 14.8. The molecule has 0 radical (unpaired) electrons. The van der Waals surface area contributed by atoms with Crippen LogP contribution in [0.4, 0.5) is 5.95 Å². The quantitative estimate of drug-likeness (QED) is 0.303. The summed E-state index contributed by atoms with van der Waals surface area (Å²) in [5.74, 6) is 1.35. The van der Waals surface area contributed by atoms with Gasteiger partial charge in [0.2, 0.25) is 11.9 Å². The third-order valence-corrected chi connectivity index (χ3v) is 8.51. The molecule has 41 heavy (non-hydrogen) atoms. The van der Waals surface area contributed by atoms with E-state index in [1.165, 1.54) is 17.2 Å². The molecular weight excluding hydrogens is 516 g/mol. The number of ether oxygens (including phenoxy) is 1. The standard InChI is InChI=1S/C31H40N8O2/c1-5-28(40)38-14-8-22(9-15-38)27-17-23-7-6-21(16-26(23)34-27)18-32-30-36-31(41-24-10-12-37(4)13-11-24)35-29-25(20(2)3)19-33-39(29)30/h5-7,16-17,19-20,22,24,34H,1,8-15,18H2,2-4H3,(H,32,35,36). The zero-order chi connectivity index (χ0) is 28.5. The van der Waals surface area contributed by atoms with Crippen LogP contribution >= 0.6 is 0 Å². The number of likely N-dealkylation sites (tertiary alicyclic amines) is 2. The Morgan fingerprint density at radius 3 is 2.66 bits per heavy atom. The minimum absolute atomic E-state index is 0.0225. The number of piperidine rings is 2. The van der Waals surface area contributed by atoms with Crippen molar-refractivity contribution in [3.05, 3.63) is 59.9 Å². The predicted molar refractivity (Wildman–Crippen MR) is 160 cm³/mol. The lowest BCUT2D eigenvalue weighted by Crippen LogP contribution is -2.36. The molecule has 0 saturated carbocycles. The maximum absolute atomic E-state index is 11.9. The van der Waals surface area contributed by atoms with E-state index in [0.29, 0.717) is 24.4 Å². The smallest absolute Gasteiger partial charge is 0.322 e. The zero-order valence-electron chi connectivity index (χ0n) is 24.3. The van der Waals surface area contributed by atoms with Crippen molar-refractivity contribution in [1.29, 1.82) is 0 Å². The van der Waals surface area contributed by atoms with E-state index in [4.69, 9.17) is 14.7 Å². The monoisotopic (exact) mass is 556 g/mol. The summed E-state index contributed by atoms with van der Waals surface area (Å²) >= 11 is 0. The van der Waals surface area contributed by atoms with Gasteiger partial charge in [-0.1, -0.05) is 32.6 Å². The maximum atomic E-state index is 11.9. The first-order chi connectivity index (χ1) is 19.9. The average Bonchev–Trinajstić information content (AvgIpc) is 3.61. The first-order valence-electron chi connectivity index (χ1n) is 14.8. The van der Waals surface area contributed by atoms with Gasteiger partial charge in [0.25, 0.3) is 0 Å². The number of fused-ring (bicyclic) bond motifs is 2. The van der Waals surface area contributed by atoms with Crippen molar-refractivity contribution < 1.29 is 9.53 Å². The number of rotatable bonds is 8. The van der Waals surface area contributed by atoms with E-state index in [1.54, 1.807) is 4.52 Å². The topological polar surface area (TPSA) is 104 Å². The van der Waals surface area contributed by atoms with Gasteiger partial charge in [-0.3, -0.25) is 4.79 Å². The lowest BCUT2D eigenvalue weighted by molar-refractivity contribution is -0.127. The van der Waals surface area contributed by atoms with Crippen LogP contribution in [0.5, 0.6) is 6.01 Å². The molecule has 2 saturated heterocycles. The van der Waals surface area contributed by atoms with E-state index in [-0.39, 0.29) is 17.9 Å². The van der Waals surface area contributed by atoms with E-state index < -0.39 is 0 Å². The second kappa shape index (κ2) is 11.5. The van der Waals surface area contributed by atoms with Crippen LogP contribution in [0.2, 0.25) is 0 Å². The molecule has 0 bridgehead atoms. The van der Waals surface area contributed by atoms with Crippen molar-refractivity contribution in [2.24, 2.45) is 0 Å². The molecule has 2 fully saturated rings. The molecule has 4 aromatic rings. The van der Waals surface area contributed by atoms with Crippen LogP contribution in [0.25, 0.3) is 16.6 Å². The van der Waals surface area contributed by atoms with Gasteiger partial charge in [-0.05, 0) is 67.8 Å². The van der Waals surface area contributed by atoms with E-state index >= 15 is 0 Å². The molecule has 10 nitrogen and oxygen atoms in total. The van der Waals surface area contributed by atoms with Gasteiger partial charge in [0.05, 0.1) is 6.20 Å². The van der Waals surface area contributed by atoms with Crippen LogP contribution in [0.1, 0.15) is 68.2 Å². The number of H-pyrrole nitrogens is 1. The highest BCUT2D eigenvalue weighted by Crippen LogP contribution is 2.31. The summed E-state index contributed by atoms with van der Waals surface area (Å²) in [4.78, 5) is 29.3.